The molecular formula is C25H24N2O2. The van der Waals surface area contributed by atoms with Gasteiger partial charge in [-0.3, -0.25) is 5.32 Å². The fraction of sp³-hybridized carbons (Fsp3) is 0.160. The van der Waals surface area contributed by atoms with Gasteiger partial charge in [-0.1, -0.05) is 78.9 Å². The van der Waals surface area contributed by atoms with E-state index in [0.717, 1.165) is 28.5 Å². The summed E-state index contributed by atoms with van der Waals surface area (Å²) in [5, 5.41) is 4.72. The second-order valence-electron chi connectivity index (χ2n) is 7.07. The van der Waals surface area contributed by atoms with Crippen molar-refractivity contribution in [3.05, 3.63) is 108 Å². The van der Waals surface area contributed by atoms with Crippen molar-refractivity contribution in [2.45, 2.75) is 18.5 Å². The zero-order valence-corrected chi connectivity index (χ0v) is 16.3. The molecule has 4 heteroatoms. The molecule has 0 aliphatic rings. The van der Waals surface area contributed by atoms with Gasteiger partial charge >= 0.3 is 5.97 Å². The number of benzene rings is 3. The molecule has 0 aliphatic heterocycles. The molecule has 2 atom stereocenters. The number of esters is 1. The van der Waals surface area contributed by atoms with Gasteiger partial charge in [-0.05, 0) is 29.2 Å². The predicted molar refractivity (Wildman–Crippen MR) is 116 cm³/mol. The van der Waals surface area contributed by atoms with E-state index in [-0.39, 0.29) is 12.0 Å². The number of aromatic nitrogens is 1. The van der Waals surface area contributed by atoms with Gasteiger partial charge in [0, 0.05) is 23.1 Å². The monoisotopic (exact) mass is 384 g/mol. The van der Waals surface area contributed by atoms with Crippen molar-refractivity contribution >= 4 is 16.9 Å². The van der Waals surface area contributed by atoms with Crippen LogP contribution in [0.4, 0.5) is 0 Å². The maximum atomic E-state index is 12.6. The summed E-state index contributed by atoms with van der Waals surface area (Å²) < 4.78 is 5.11. The quantitative estimate of drug-likeness (QED) is 0.443. The normalized spacial score (nSPS) is 13.1. The van der Waals surface area contributed by atoms with Crippen LogP contribution in [-0.4, -0.2) is 18.1 Å². The number of carbonyl (C=O) groups excluding carboxylic acids is 1. The summed E-state index contributed by atoms with van der Waals surface area (Å²) in [5.74, 6) is -0.297. The molecule has 1 heterocycles. The number of nitrogens with one attached hydrogen (secondary N) is 2. The SMILES string of the molecule is COC(=O)[C@H](NC(Cc1ccccc1)c1c[nH]c2ccccc12)c1ccccc1. The van der Waals surface area contributed by atoms with Gasteiger partial charge < -0.3 is 9.72 Å². The average Bonchev–Trinajstić information content (AvgIpc) is 3.21. The Hall–Kier alpha value is -3.37. The van der Waals surface area contributed by atoms with Crippen molar-refractivity contribution in [2.75, 3.05) is 7.11 Å². The molecule has 146 valence electrons. The Morgan fingerprint density at radius 3 is 2.31 bits per heavy atom. The Morgan fingerprint density at radius 1 is 0.931 bits per heavy atom. The highest BCUT2D eigenvalue weighted by molar-refractivity contribution is 5.84. The van der Waals surface area contributed by atoms with E-state index in [1.165, 1.54) is 12.7 Å². The van der Waals surface area contributed by atoms with Crippen LogP contribution in [0.3, 0.4) is 0 Å². The summed E-state index contributed by atoms with van der Waals surface area (Å²) in [4.78, 5) is 16.0. The van der Waals surface area contributed by atoms with Crippen molar-refractivity contribution in [3.63, 3.8) is 0 Å². The topological polar surface area (TPSA) is 54.1 Å². The lowest BCUT2D eigenvalue weighted by Gasteiger charge is -2.25. The summed E-state index contributed by atoms with van der Waals surface area (Å²) in [6.45, 7) is 0. The third-order valence-corrected chi connectivity index (χ3v) is 5.22. The van der Waals surface area contributed by atoms with E-state index < -0.39 is 6.04 Å². The van der Waals surface area contributed by atoms with Gasteiger partial charge in [0.15, 0.2) is 0 Å². The van der Waals surface area contributed by atoms with Gasteiger partial charge in [0.25, 0.3) is 0 Å². The van der Waals surface area contributed by atoms with E-state index in [4.69, 9.17) is 4.74 Å². The van der Waals surface area contributed by atoms with Gasteiger partial charge in [-0.25, -0.2) is 4.79 Å². The highest BCUT2D eigenvalue weighted by atomic mass is 16.5. The number of fused-ring (bicyclic) bond motifs is 1. The molecular weight excluding hydrogens is 360 g/mol. The largest absolute Gasteiger partial charge is 0.468 e. The summed E-state index contributed by atoms with van der Waals surface area (Å²) in [6, 6.07) is 27.6. The number of H-pyrrole nitrogens is 1. The number of aromatic amines is 1. The molecule has 0 saturated heterocycles. The second kappa shape index (κ2) is 8.76. The zero-order valence-electron chi connectivity index (χ0n) is 16.3. The average molecular weight is 384 g/mol. The summed E-state index contributed by atoms with van der Waals surface area (Å²) >= 11 is 0. The Labute approximate surface area is 170 Å². The molecule has 1 unspecified atom stereocenters. The molecule has 4 rings (SSSR count). The van der Waals surface area contributed by atoms with Crippen molar-refractivity contribution in [1.29, 1.82) is 0 Å². The van der Waals surface area contributed by atoms with Crippen LogP contribution in [-0.2, 0) is 16.0 Å². The van der Waals surface area contributed by atoms with Crippen LogP contribution in [0.15, 0.2) is 91.1 Å². The van der Waals surface area contributed by atoms with Gasteiger partial charge in [-0.15, -0.1) is 0 Å². The fourth-order valence-corrected chi connectivity index (χ4v) is 3.76. The highest BCUT2D eigenvalue weighted by Crippen LogP contribution is 2.29. The summed E-state index contributed by atoms with van der Waals surface area (Å²) in [7, 11) is 1.43. The van der Waals surface area contributed by atoms with E-state index in [2.05, 4.69) is 34.6 Å². The van der Waals surface area contributed by atoms with Crippen LogP contribution in [0.25, 0.3) is 10.9 Å². The first-order valence-corrected chi connectivity index (χ1v) is 9.75. The summed E-state index contributed by atoms with van der Waals surface area (Å²) in [6.07, 6.45) is 2.79. The van der Waals surface area contributed by atoms with E-state index in [0.29, 0.717) is 0 Å². The van der Waals surface area contributed by atoms with Gasteiger partial charge in [0.05, 0.1) is 7.11 Å². The van der Waals surface area contributed by atoms with E-state index in [1.54, 1.807) is 0 Å². The third kappa shape index (κ3) is 4.23. The molecule has 1 aromatic heterocycles. The molecule has 3 aromatic carbocycles. The van der Waals surface area contributed by atoms with E-state index in [9.17, 15) is 4.79 Å². The molecule has 0 aliphatic carbocycles. The standard InChI is InChI=1S/C25H24N2O2/c1-29-25(28)24(19-12-6-3-7-13-19)27-23(16-18-10-4-2-5-11-18)21-17-26-22-15-9-8-14-20(21)22/h2-15,17,23-24,26-27H,16H2,1H3/t23?,24-/m1/s1. The van der Waals surface area contributed by atoms with Crippen LogP contribution in [0.2, 0.25) is 0 Å². The van der Waals surface area contributed by atoms with Crippen molar-refractivity contribution in [1.82, 2.24) is 10.3 Å². The maximum Gasteiger partial charge on any atom is 0.327 e. The molecule has 0 radical (unpaired) electrons. The number of para-hydroxylation sites is 1. The summed E-state index contributed by atoms with van der Waals surface area (Å²) in [5.41, 5.74) is 4.30. The van der Waals surface area contributed by atoms with Crippen LogP contribution in [0.1, 0.15) is 28.8 Å². The predicted octanol–water partition coefficient (Wildman–Crippen LogP) is 4.96. The third-order valence-electron chi connectivity index (χ3n) is 5.22. The first-order valence-electron chi connectivity index (χ1n) is 9.75. The fourth-order valence-electron chi connectivity index (χ4n) is 3.76. The number of rotatable bonds is 7. The lowest BCUT2D eigenvalue weighted by atomic mass is 9.96. The van der Waals surface area contributed by atoms with E-state index >= 15 is 0 Å². The molecule has 0 saturated carbocycles. The van der Waals surface area contributed by atoms with Gasteiger partial charge in [0.1, 0.15) is 6.04 Å². The molecule has 4 aromatic rings. The maximum absolute atomic E-state index is 12.6. The number of methoxy groups -OCH3 is 1. The molecule has 0 bridgehead atoms. The first-order chi connectivity index (χ1) is 14.3. The Kier molecular flexibility index (Phi) is 5.73. The van der Waals surface area contributed by atoms with Crippen LogP contribution >= 0.6 is 0 Å². The Balaban J connectivity index is 1.74. The molecule has 0 amide bonds. The number of carbonyl (C=O) groups is 1. The van der Waals surface area contributed by atoms with Crippen LogP contribution < -0.4 is 5.32 Å². The Bertz CT molecular complexity index is 1070. The van der Waals surface area contributed by atoms with Crippen molar-refractivity contribution in [2.24, 2.45) is 0 Å². The smallest absolute Gasteiger partial charge is 0.327 e. The van der Waals surface area contributed by atoms with Crippen LogP contribution in [0, 0.1) is 0 Å². The van der Waals surface area contributed by atoms with Gasteiger partial charge in [0.2, 0.25) is 0 Å². The molecule has 4 nitrogen and oxygen atoms in total. The minimum Gasteiger partial charge on any atom is -0.468 e. The number of hydrogen-bond acceptors (Lipinski definition) is 3. The highest BCUT2D eigenvalue weighted by Gasteiger charge is 2.27. The lowest BCUT2D eigenvalue weighted by molar-refractivity contribution is -0.143. The molecule has 29 heavy (non-hydrogen) atoms. The van der Waals surface area contributed by atoms with Crippen LogP contribution in [0.5, 0.6) is 0 Å². The molecule has 0 spiro atoms. The first kappa shape index (κ1) is 19.0. The van der Waals surface area contributed by atoms with Crippen molar-refractivity contribution in [3.8, 4) is 0 Å². The van der Waals surface area contributed by atoms with Gasteiger partial charge in [-0.2, -0.15) is 0 Å². The Morgan fingerprint density at radius 2 is 1.59 bits per heavy atom. The van der Waals surface area contributed by atoms with E-state index in [1.807, 2.05) is 66.9 Å². The van der Waals surface area contributed by atoms with Crippen molar-refractivity contribution < 1.29 is 9.53 Å². The zero-order chi connectivity index (χ0) is 20.1. The lowest BCUT2D eigenvalue weighted by Crippen LogP contribution is -2.34. The molecule has 0 fully saturated rings. The number of hydrogen-bond donors (Lipinski definition) is 2. The second-order valence-corrected chi connectivity index (χ2v) is 7.07. The minimum atomic E-state index is -0.552. The molecule has 2 N–H and O–H groups in total. The number of ether oxygens (including phenoxy) is 1. The minimum absolute atomic E-state index is 0.0714.